The first-order valence-electron chi connectivity index (χ1n) is 12.5. The van der Waals surface area contributed by atoms with E-state index in [9.17, 15) is 17.6 Å². The summed E-state index contributed by atoms with van der Waals surface area (Å²) in [4.78, 5) is 17.4. The number of carbonyl (C=O) groups is 1. The second-order valence-electron chi connectivity index (χ2n) is 9.65. The zero-order valence-corrected chi connectivity index (χ0v) is 23.2. The van der Waals surface area contributed by atoms with Crippen molar-refractivity contribution in [1.29, 1.82) is 0 Å². The summed E-state index contributed by atoms with van der Waals surface area (Å²) in [5.74, 6) is 0.690. The van der Waals surface area contributed by atoms with Gasteiger partial charge < -0.3 is 15.4 Å². The van der Waals surface area contributed by atoms with E-state index >= 15 is 0 Å². The fourth-order valence-electron chi connectivity index (χ4n) is 4.55. The molecule has 38 heavy (non-hydrogen) atoms. The number of thiazole rings is 1. The molecule has 13 heteroatoms. The van der Waals surface area contributed by atoms with Crippen LogP contribution in [0.5, 0.6) is 0 Å². The monoisotopic (exact) mass is 564 g/mol. The zero-order chi connectivity index (χ0) is 27.4. The van der Waals surface area contributed by atoms with Crippen LogP contribution in [0.2, 0.25) is 0 Å². The van der Waals surface area contributed by atoms with Gasteiger partial charge in [0.15, 0.2) is 5.82 Å². The van der Waals surface area contributed by atoms with Gasteiger partial charge in [0.1, 0.15) is 6.67 Å². The lowest BCUT2D eigenvalue weighted by molar-refractivity contribution is 0.109. The summed E-state index contributed by atoms with van der Waals surface area (Å²) in [5, 5.41) is 16.8. The summed E-state index contributed by atoms with van der Waals surface area (Å²) >= 11 is 1.48. The van der Waals surface area contributed by atoms with Gasteiger partial charge >= 0.3 is 6.09 Å². The minimum atomic E-state index is -4.05. The van der Waals surface area contributed by atoms with Crippen molar-refractivity contribution in [3.05, 3.63) is 41.2 Å². The summed E-state index contributed by atoms with van der Waals surface area (Å²) < 4.78 is 44.3. The molecule has 206 valence electrons. The summed E-state index contributed by atoms with van der Waals surface area (Å²) in [6, 6.07) is 6.69. The molecular formula is C25H33FN6O4S2. The minimum absolute atomic E-state index is 0.0134. The smallest absolute Gasteiger partial charge is 0.407 e. The Hall–Kier alpha value is -3.03. The Morgan fingerprint density at radius 2 is 2.00 bits per heavy atom. The number of hydrogen-bond acceptors (Lipinski definition) is 8. The van der Waals surface area contributed by atoms with Gasteiger partial charge in [0.05, 0.1) is 33.1 Å². The van der Waals surface area contributed by atoms with E-state index in [1.807, 2.05) is 20.8 Å². The summed E-state index contributed by atoms with van der Waals surface area (Å²) in [6.07, 6.45) is 4.43. The number of aryl methyl sites for hydroxylation is 2. The van der Waals surface area contributed by atoms with E-state index in [4.69, 9.17) is 14.9 Å². The van der Waals surface area contributed by atoms with E-state index in [0.29, 0.717) is 17.1 Å². The number of aromatic nitrogens is 3. The predicted octanol–water partition coefficient (Wildman–Crippen LogP) is 4.84. The number of nitrogens with two attached hydrogens (primary N) is 1. The second-order valence-corrected chi connectivity index (χ2v) is 12.2. The molecule has 2 aromatic heterocycles. The van der Waals surface area contributed by atoms with Crippen LogP contribution in [0, 0.1) is 6.92 Å². The summed E-state index contributed by atoms with van der Waals surface area (Å²) in [5.41, 5.74) is 1.72. The third-order valence-electron chi connectivity index (χ3n) is 6.31. The van der Waals surface area contributed by atoms with E-state index in [-0.39, 0.29) is 29.5 Å². The number of nitrogens with zero attached hydrogens (tertiary/aromatic N) is 3. The van der Waals surface area contributed by atoms with Crippen molar-refractivity contribution in [3.8, 4) is 10.4 Å². The highest BCUT2D eigenvalue weighted by atomic mass is 32.2. The molecule has 1 aliphatic rings. The van der Waals surface area contributed by atoms with Crippen molar-refractivity contribution >= 4 is 39.0 Å². The standard InChI is InChI=1S/C25H33FN6O4S2/c1-15(2)36-25(33)30-18-6-4-17(5-7-18)24-28-16(3)23(37-24)20-9-8-19(14-21(20)38(27,34)35)29-22-10-12-32(31-22)13-11-26/h8-10,12,14-15,17-18H,4-7,11,13H2,1-3H3,(H,29,31)(H,30,33)(H2,27,34,35). The first-order valence-corrected chi connectivity index (χ1v) is 14.9. The SMILES string of the molecule is Cc1nc(C2CCC(NC(=O)OC(C)C)CC2)sc1-c1ccc(Nc2ccn(CCF)n2)cc1S(N)(=O)=O. The van der Waals surface area contributed by atoms with E-state index in [1.165, 1.54) is 22.1 Å². The fraction of sp³-hybridized carbons (Fsp3) is 0.480. The first-order chi connectivity index (χ1) is 18.0. The fourth-order valence-corrected chi connectivity index (χ4v) is 6.66. The van der Waals surface area contributed by atoms with Crippen LogP contribution in [-0.4, -0.2) is 48.1 Å². The first kappa shape index (κ1) is 28.0. The Bertz CT molecular complexity index is 1380. The maximum Gasteiger partial charge on any atom is 0.407 e. The maximum absolute atomic E-state index is 12.6. The average Bonchev–Trinajstić information content (AvgIpc) is 3.45. The van der Waals surface area contributed by atoms with Gasteiger partial charge in [-0.2, -0.15) is 5.10 Å². The minimum Gasteiger partial charge on any atom is -0.447 e. The van der Waals surface area contributed by atoms with Gasteiger partial charge in [0.25, 0.3) is 0 Å². The molecule has 1 saturated carbocycles. The number of rotatable bonds is 9. The molecule has 3 aromatic rings. The third-order valence-corrected chi connectivity index (χ3v) is 8.62. The highest BCUT2D eigenvalue weighted by Crippen LogP contribution is 2.41. The molecular weight excluding hydrogens is 531 g/mol. The van der Waals surface area contributed by atoms with Crippen LogP contribution < -0.4 is 15.8 Å². The van der Waals surface area contributed by atoms with Gasteiger partial charge in [-0.3, -0.25) is 4.68 Å². The van der Waals surface area contributed by atoms with Crippen molar-refractivity contribution in [2.24, 2.45) is 5.14 Å². The highest BCUT2D eigenvalue weighted by molar-refractivity contribution is 7.89. The van der Waals surface area contributed by atoms with Crippen LogP contribution in [0.15, 0.2) is 35.4 Å². The topological polar surface area (TPSA) is 141 Å². The van der Waals surface area contributed by atoms with Gasteiger partial charge in [-0.05, 0) is 58.6 Å². The molecule has 0 aliphatic heterocycles. The van der Waals surface area contributed by atoms with Crippen molar-refractivity contribution in [1.82, 2.24) is 20.1 Å². The molecule has 1 fully saturated rings. The van der Waals surface area contributed by atoms with Gasteiger partial charge in [-0.15, -0.1) is 11.3 Å². The number of benzene rings is 1. The molecule has 0 atom stereocenters. The molecule has 4 rings (SSSR count). The molecule has 1 aromatic carbocycles. The molecule has 0 radical (unpaired) electrons. The Morgan fingerprint density at radius 3 is 2.66 bits per heavy atom. The number of carbonyl (C=O) groups excluding carboxylic acids is 1. The van der Waals surface area contributed by atoms with Crippen LogP contribution in [0.3, 0.4) is 0 Å². The highest BCUT2D eigenvalue weighted by Gasteiger charge is 2.28. The van der Waals surface area contributed by atoms with Gasteiger partial charge in [-0.25, -0.2) is 27.7 Å². The van der Waals surface area contributed by atoms with Crippen LogP contribution in [0.25, 0.3) is 10.4 Å². The van der Waals surface area contributed by atoms with E-state index in [1.54, 1.807) is 24.4 Å². The lowest BCUT2D eigenvalue weighted by atomic mass is 9.86. The zero-order valence-electron chi connectivity index (χ0n) is 21.6. The summed E-state index contributed by atoms with van der Waals surface area (Å²) in [6.45, 7) is 5.09. The average molecular weight is 565 g/mol. The van der Waals surface area contributed by atoms with Crippen LogP contribution in [-0.2, 0) is 21.3 Å². The molecule has 0 spiro atoms. The van der Waals surface area contributed by atoms with Crippen LogP contribution >= 0.6 is 11.3 Å². The second kappa shape index (κ2) is 11.8. The van der Waals surface area contributed by atoms with Crippen molar-refractivity contribution in [2.75, 3.05) is 12.0 Å². The molecule has 1 amide bonds. The van der Waals surface area contributed by atoms with Crippen LogP contribution in [0.4, 0.5) is 20.7 Å². The Morgan fingerprint density at radius 1 is 1.26 bits per heavy atom. The Balaban J connectivity index is 1.51. The number of primary sulfonamides is 1. The van der Waals surface area contributed by atoms with Gasteiger partial charge in [-0.1, -0.05) is 6.07 Å². The largest absolute Gasteiger partial charge is 0.447 e. The van der Waals surface area contributed by atoms with Gasteiger partial charge in [0.2, 0.25) is 10.0 Å². The molecule has 0 bridgehead atoms. The predicted molar refractivity (Wildman–Crippen MR) is 145 cm³/mol. The van der Waals surface area contributed by atoms with E-state index in [0.717, 1.165) is 41.3 Å². The number of sulfonamides is 1. The number of anilines is 2. The van der Waals surface area contributed by atoms with E-state index in [2.05, 4.69) is 15.7 Å². The molecule has 0 saturated heterocycles. The molecule has 4 N–H and O–H groups in total. The number of nitrogens with one attached hydrogen (secondary N) is 2. The number of ether oxygens (including phenoxy) is 1. The maximum atomic E-state index is 12.6. The molecule has 1 aliphatic carbocycles. The number of alkyl carbamates (subject to hydrolysis) is 1. The molecule has 0 unspecified atom stereocenters. The van der Waals surface area contributed by atoms with Gasteiger partial charge in [0, 0.05) is 35.5 Å². The normalized spacial score (nSPS) is 17.9. The number of alkyl halides is 1. The quantitative estimate of drug-likeness (QED) is 0.338. The van der Waals surface area contributed by atoms with E-state index < -0.39 is 22.8 Å². The molecule has 2 heterocycles. The number of amides is 1. The molecule has 10 nitrogen and oxygen atoms in total. The van der Waals surface area contributed by atoms with Crippen molar-refractivity contribution < 1.29 is 22.3 Å². The van der Waals surface area contributed by atoms with Crippen molar-refractivity contribution in [3.63, 3.8) is 0 Å². The Kier molecular flexibility index (Phi) is 8.68. The van der Waals surface area contributed by atoms with Crippen molar-refractivity contribution in [2.45, 2.75) is 76.0 Å². The summed E-state index contributed by atoms with van der Waals surface area (Å²) in [7, 11) is -4.05. The number of hydrogen-bond donors (Lipinski definition) is 3. The third kappa shape index (κ3) is 6.88. The lowest BCUT2D eigenvalue weighted by Gasteiger charge is -2.28. The lowest BCUT2D eigenvalue weighted by Crippen LogP contribution is -2.38. The number of halogens is 1. The Labute approximate surface area is 225 Å². The van der Waals surface area contributed by atoms with Crippen LogP contribution in [0.1, 0.15) is 56.2 Å².